The van der Waals surface area contributed by atoms with Gasteiger partial charge in [-0.1, -0.05) is 41.9 Å². The number of nitrogens with one attached hydrogen (secondary N) is 1. The van der Waals surface area contributed by atoms with Gasteiger partial charge in [-0.05, 0) is 48.0 Å². The van der Waals surface area contributed by atoms with Crippen molar-refractivity contribution in [2.24, 2.45) is 0 Å². The van der Waals surface area contributed by atoms with Crippen LogP contribution in [0.5, 0.6) is 0 Å². The van der Waals surface area contributed by atoms with Crippen LogP contribution < -0.4 is 16.7 Å². The average molecular weight is 469 g/mol. The topological polar surface area (TPSA) is 124 Å². The van der Waals surface area contributed by atoms with E-state index in [0.29, 0.717) is 21.1 Å². The van der Waals surface area contributed by atoms with E-state index in [1.54, 1.807) is 36.4 Å². The Hall–Kier alpha value is -3.69. The zero-order chi connectivity index (χ0) is 22.9. The van der Waals surface area contributed by atoms with Crippen LogP contribution >= 0.6 is 11.6 Å². The summed E-state index contributed by atoms with van der Waals surface area (Å²) in [6.07, 6.45) is -0.0574. The number of aromatic nitrogens is 2. The van der Waals surface area contributed by atoms with Crippen molar-refractivity contribution in [3.63, 3.8) is 0 Å². The van der Waals surface area contributed by atoms with Crippen molar-refractivity contribution < 1.29 is 13.2 Å². The third kappa shape index (κ3) is 4.20. The van der Waals surface area contributed by atoms with Gasteiger partial charge >= 0.3 is 0 Å². The fourth-order valence-corrected chi connectivity index (χ4v) is 4.64. The number of fused-ring (bicyclic) bond motifs is 1. The molecule has 0 unspecified atom stereocenters. The minimum absolute atomic E-state index is 0.0398. The molecule has 1 aromatic heterocycles. The van der Waals surface area contributed by atoms with Gasteiger partial charge in [-0.2, -0.15) is 0 Å². The van der Waals surface area contributed by atoms with Gasteiger partial charge in [0.1, 0.15) is 0 Å². The number of halogens is 1. The molecule has 10 heteroatoms. The van der Waals surface area contributed by atoms with Crippen LogP contribution in [0.25, 0.3) is 10.8 Å². The normalized spacial score (nSPS) is 11.4. The van der Waals surface area contributed by atoms with E-state index in [1.165, 1.54) is 36.4 Å². The Morgan fingerprint density at radius 2 is 1.59 bits per heavy atom. The number of benzene rings is 3. The van der Waals surface area contributed by atoms with Crippen LogP contribution in [0.4, 0.5) is 5.69 Å². The van der Waals surface area contributed by atoms with Gasteiger partial charge in [0.15, 0.2) is 5.03 Å². The van der Waals surface area contributed by atoms with Gasteiger partial charge in [-0.3, -0.25) is 9.59 Å². The second-order valence-corrected chi connectivity index (χ2v) is 9.28. The molecule has 3 aromatic carbocycles. The third-order valence-corrected chi connectivity index (χ3v) is 6.68. The highest BCUT2D eigenvalue weighted by Crippen LogP contribution is 2.25. The van der Waals surface area contributed by atoms with E-state index < -0.39 is 21.3 Å². The number of carbonyl (C=O) groups is 1. The van der Waals surface area contributed by atoms with Gasteiger partial charge in [0.05, 0.1) is 16.7 Å². The van der Waals surface area contributed by atoms with Crippen LogP contribution in [0.15, 0.2) is 87.5 Å². The fraction of sp³-hybridized carbons (Fsp3) is 0.0455. The number of hydrogen-bond acceptors (Lipinski definition) is 6. The van der Waals surface area contributed by atoms with E-state index >= 15 is 0 Å². The molecule has 0 saturated carbocycles. The standard InChI is InChI=1S/C22H17ClN4O4S/c23-15-7-5-14(6-8-15)13-20(28)25-27-22(29)19-4-2-1-3-18(19)21(26-27)32(30,31)17-11-9-16(24)10-12-17/h1-12H,13,24H2,(H,25,28). The van der Waals surface area contributed by atoms with E-state index in [1.807, 2.05) is 0 Å². The molecule has 4 aromatic rings. The van der Waals surface area contributed by atoms with Gasteiger partial charge in [-0.25, -0.2) is 13.8 Å². The number of nitrogens with two attached hydrogens (primary N) is 1. The molecule has 0 fully saturated rings. The van der Waals surface area contributed by atoms with Crippen LogP contribution in [0.1, 0.15) is 5.56 Å². The second kappa shape index (κ2) is 8.45. The summed E-state index contributed by atoms with van der Waals surface area (Å²) in [5.41, 5.74) is 8.45. The number of rotatable bonds is 5. The summed E-state index contributed by atoms with van der Waals surface area (Å²) in [4.78, 5) is 26.0. The van der Waals surface area contributed by atoms with Crippen molar-refractivity contribution in [3.05, 3.63) is 93.7 Å². The van der Waals surface area contributed by atoms with Crippen molar-refractivity contribution in [1.29, 1.82) is 0 Å². The molecule has 0 aliphatic carbocycles. The molecule has 0 aliphatic heterocycles. The predicted molar refractivity (Wildman–Crippen MR) is 122 cm³/mol. The van der Waals surface area contributed by atoms with Crippen LogP contribution in [0.2, 0.25) is 5.02 Å². The van der Waals surface area contributed by atoms with Crippen LogP contribution in [-0.2, 0) is 21.1 Å². The summed E-state index contributed by atoms with van der Waals surface area (Å²) < 4.78 is 26.6. The maximum atomic E-state index is 13.3. The van der Waals surface area contributed by atoms with Crippen LogP contribution in [-0.4, -0.2) is 24.2 Å². The molecule has 162 valence electrons. The van der Waals surface area contributed by atoms with E-state index in [2.05, 4.69) is 10.5 Å². The Labute approximate surface area is 188 Å². The Kier molecular flexibility index (Phi) is 5.68. The second-order valence-electron chi connectivity index (χ2n) is 6.98. The quantitative estimate of drug-likeness (QED) is 0.434. The molecule has 0 atom stereocenters. The first-order chi connectivity index (χ1) is 15.3. The van der Waals surface area contributed by atoms with Crippen LogP contribution in [0.3, 0.4) is 0 Å². The lowest BCUT2D eigenvalue weighted by molar-refractivity contribution is -0.116. The summed E-state index contributed by atoms with van der Waals surface area (Å²) in [7, 11) is -4.11. The van der Waals surface area contributed by atoms with Crippen molar-refractivity contribution in [2.45, 2.75) is 16.3 Å². The van der Waals surface area contributed by atoms with Crippen molar-refractivity contribution in [2.75, 3.05) is 11.2 Å². The summed E-state index contributed by atoms with van der Waals surface area (Å²) in [6, 6.07) is 18.4. The number of sulfone groups is 1. The highest BCUT2D eigenvalue weighted by molar-refractivity contribution is 7.91. The number of amides is 1. The molecule has 0 bridgehead atoms. The summed E-state index contributed by atoms with van der Waals surface area (Å²) in [6.45, 7) is 0. The maximum Gasteiger partial charge on any atom is 0.294 e. The first kappa shape index (κ1) is 21.5. The average Bonchev–Trinajstić information content (AvgIpc) is 2.77. The lowest BCUT2D eigenvalue weighted by Gasteiger charge is -2.12. The smallest absolute Gasteiger partial charge is 0.294 e. The lowest BCUT2D eigenvalue weighted by atomic mass is 10.1. The molecular formula is C22H17ClN4O4S. The molecule has 0 radical (unpaired) electrons. The van der Waals surface area contributed by atoms with E-state index in [0.717, 1.165) is 0 Å². The molecule has 4 rings (SSSR count). The summed E-state index contributed by atoms with van der Waals surface area (Å²) in [5.74, 6) is -0.548. The van der Waals surface area contributed by atoms with Gasteiger partial charge < -0.3 is 5.73 Å². The van der Waals surface area contributed by atoms with Crippen molar-refractivity contribution in [1.82, 2.24) is 9.89 Å². The first-order valence-corrected chi connectivity index (χ1v) is 11.3. The van der Waals surface area contributed by atoms with Crippen molar-refractivity contribution >= 4 is 43.8 Å². The first-order valence-electron chi connectivity index (χ1n) is 9.43. The monoisotopic (exact) mass is 468 g/mol. The fourth-order valence-electron chi connectivity index (χ4n) is 3.14. The SMILES string of the molecule is Nc1ccc(S(=O)(=O)c2nn(NC(=O)Cc3ccc(Cl)cc3)c(=O)c3ccccc23)cc1. The Morgan fingerprint density at radius 3 is 2.25 bits per heavy atom. The zero-order valence-corrected chi connectivity index (χ0v) is 18.1. The number of carbonyl (C=O) groups excluding carboxylic acids is 1. The molecule has 8 nitrogen and oxygen atoms in total. The highest BCUT2D eigenvalue weighted by Gasteiger charge is 2.25. The highest BCUT2D eigenvalue weighted by atomic mass is 35.5. The number of nitrogens with zero attached hydrogens (tertiary/aromatic N) is 2. The molecule has 0 spiro atoms. The Balaban J connectivity index is 1.78. The summed E-state index contributed by atoms with van der Waals surface area (Å²) in [5, 5.41) is 4.42. The number of hydrogen-bond donors (Lipinski definition) is 2. The minimum Gasteiger partial charge on any atom is -0.399 e. The molecular weight excluding hydrogens is 452 g/mol. The third-order valence-electron chi connectivity index (χ3n) is 4.72. The molecule has 32 heavy (non-hydrogen) atoms. The molecule has 0 aliphatic rings. The predicted octanol–water partition coefficient (Wildman–Crippen LogP) is 2.78. The molecule has 0 saturated heterocycles. The van der Waals surface area contributed by atoms with E-state index in [-0.39, 0.29) is 27.1 Å². The van der Waals surface area contributed by atoms with Gasteiger partial charge in [0.2, 0.25) is 15.7 Å². The van der Waals surface area contributed by atoms with E-state index in [9.17, 15) is 18.0 Å². The molecule has 1 amide bonds. The van der Waals surface area contributed by atoms with Crippen molar-refractivity contribution in [3.8, 4) is 0 Å². The Bertz CT molecular complexity index is 1480. The molecule has 3 N–H and O–H groups in total. The van der Waals surface area contributed by atoms with Gasteiger partial charge in [0, 0.05) is 16.1 Å². The largest absolute Gasteiger partial charge is 0.399 e. The Morgan fingerprint density at radius 1 is 0.969 bits per heavy atom. The van der Waals surface area contributed by atoms with Gasteiger partial charge in [0.25, 0.3) is 5.56 Å². The van der Waals surface area contributed by atoms with Gasteiger partial charge in [-0.15, -0.1) is 9.89 Å². The zero-order valence-electron chi connectivity index (χ0n) is 16.5. The van der Waals surface area contributed by atoms with Crippen LogP contribution in [0, 0.1) is 0 Å². The maximum absolute atomic E-state index is 13.3. The number of anilines is 1. The minimum atomic E-state index is -4.11. The number of nitrogen functional groups attached to an aromatic ring is 1. The molecule has 1 heterocycles. The van der Waals surface area contributed by atoms with E-state index in [4.69, 9.17) is 17.3 Å². The summed E-state index contributed by atoms with van der Waals surface area (Å²) >= 11 is 5.85. The lowest BCUT2D eigenvalue weighted by Crippen LogP contribution is -2.37.